The number of amides is 2. The average Bonchev–Trinajstić information content (AvgIpc) is 3.33. The minimum Gasteiger partial charge on any atom is -0.494 e. The van der Waals surface area contributed by atoms with E-state index in [1.54, 1.807) is 23.9 Å². The molecule has 0 unspecified atom stereocenters. The SMILES string of the molecule is CCOc1ccc([C@H](C(=O)NCc2ccccc2)N(CCOC)C(=O)Cn2nnc3ccccc32)cc1. The van der Waals surface area contributed by atoms with Gasteiger partial charge in [0.25, 0.3) is 0 Å². The molecule has 0 fully saturated rings. The van der Waals surface area contributed by atoms with Crippen LogP contribution in [0.5, 0.6) is 5.75 Å². The minimum absolute atomic E-state index is 0.0658. The van der Waals surface area contributed by atoms with E-state index < -0.39 is 6.04 Å². The van der Waals surface area contributed by atoms with Crippen molar-refractivity contribution in [3.05, 3.63) is 90.0 Å². The summed E-state index contributed by atoms with van der Waals surface area (Å²) < 4.78 is 12.4. The lowest BCUT2D eigenvalue weighted by Crippen LogP contribution is -2.46. The second-order valence-corrected chi connectivity index (χ2v) is 8.42. The molecule has 2 amide bonds. The quantitative estimate of drug-likeness (QED) is 0.320. The summed E-state index contributed by atoms with van der Waals surface area (Å²) in [6, 6.07) is 23.4. The maximum absolute atomic E-state index is 13.7. The molecule has 0 aliphatic carbocycles. The highest BCUT2D eigenvalue weighted by molar-refractivity contribution is 5.89. The number of benzene rings is 3. The van der Waals surface area contributed by atoms with Crippen molar-refractivity contribution in [1.29, 1.82) is 0 Å². The summed E-state index contributed by atoms with van der Waals surface area (Å²) >= 11 is 0. The van der Waals surface area contributed by atoms with Crippen molar-refractivity contribution in [2.45, 2.75) is 26.1 Å². The Hall–Kier alpha value is -4.24. The molecule has 4 rings (SSSR count). The van der Waals surface area contributed by atoms with Crippen molar-refractivity contribution in [3.8, 4) is 5.75 Å². The number of hydrogen-bond acceptors (Lipinski definition) is 6. The number of carbonyl (C=O) groups excluding carboxylic acids is 2. The average molecular weight is 502 g/mol. The number of ether oxygens (including phenoxy) is 2. The van der Waals surface area contributed by atoms with Crippen molar-refractivity contribution < 1.29 is 19.1 Å². The Bertz CT molecular complexity index is 1310. The Morgan fingerprint density at radius 2 is 1.73 bits per heavy atom. The Morgan fingerprint density at radius 1 is 1.00 bits per heavy atom. The largest absolute Gasteiger partial charge is 0.494 e. The van der Waals surface area contributed by atoms with Crippen LogP contribution in [0, 0.1) is 0 Å². The molecule has 0 saturated heterocycles. The van der Waals surface area contributed by atoms with Crippen molar-refractivity contribution in [3.63, 3.8) is 0 Å². The summed E-state index contributed by atoms with van der Waals surface area (Å²) in [5.74, 6) is 0.126. The number of rotatable bonds is 12. The summed E-state index contributed by atoms with van der Waals surface area (Å²) in [5, 5.41) is 11.3. The van der Waals surface area contributed by atoms with E-state index >= 15 is 0 Å². The zero-order chi connectivity index (χ0) is 26.0. The maximum atomic E-state index is 13.7. The molecule has 37 heavy (non-hydrogen) atoms. The maximum Gasteiger partial charge on any atom is 0.247 e. The van der Waals surface area contributed by atoms with Gasteiger partial charge in [-0.05, 0) is 42.3 Å². The summed E-state index contributed by atoms with van der Waals surface area (Å²) in [5.41, 5.74) is 3.07. The van der Waals surface area contributed by atoms with Crippen LogP contribution in [0.15, 0.2) is 78.9 Å². The highest BCUT2D eigenvalue weighted by atomic mass is 16.5. The van der Waals surface area contributed by atoms with Gasteiger partial charge in [-0.1, -0.05) is 59.8 Å². The first-order valence-corrected chi connectivity index (χ1v) is 12.2. The van der Waals surface area contributed by atoms with E-state index in [4.69, 9.17) is 9.47 Å². The number of methoxy groups -OCH3 is 1. The van der Waals surface area contributed by atoms with E-state index in [2.05, 4.69) is 15.6 Å². The molecular weight excluding hydrogens is 470 g/mol. The molecule has 9 nitrogen and oxygen atoms in total. The normalized spacial score (nSPS) is 11.7. The van der Waals surface area contributed by atoms with E-state index in [0.717, 1.165) is 11.1 Å². The first kappa shape index (κ1) is 25.8. The Labute approximate surface area is 216 Å². The Kier molecular flexibility index (Phi) is 8.83. The molecule has 0 radical (unpaired) electrons. The summed E-state index contributed by atoms with van der Waals surface area (Å²) in [7, 11) is 1.56. The van der Waals surface area contributed by atoms with Crippen LogP contribution in [0.2, 0.25) is 0 Å². The van der Waals surface area contributed by atoms with Crippen LogP contribution in [0.4, 0.5) is 0 Å². The van der Waals surface area contributed by atoms with Crippen molar-refractivity contribution in [2.75, 3.05) is 26.9 Å². The van der Waals surface area contributed by atoms with Crippen molar-refractivity contribution in [1.82, 2.24) is 25.2 Å². The number of aromatic nitrogens is 3. The van der Waals surface area contributed by atoms with Gasteiger partial charge >= 0.3 is 0 Å². The van der Waals surface area contributed by atoms with Crippen molar-refractivity contribution in [2.24, 2.45) is 0 Å². The predicted molar refractivity (Wildman–Crippen MR) is 140 cm³/mol. The third-order valence-electron chi connectivity index (χ3n) is 5.94. The number of nitrogens with zero attached hydrogens (tertiary/aromatic N) is 4. The van der Waals surface area contributed by atoms with Gasteiger partial charge < -0.3 is 19.7 Å². The molecule has 0 bridgehead atoms. The van der Waals surface area contributed by atoms with E-state index in [0.29, 0.717) is 30.0 Å². The monoisotopic (exact) mass is 501 g/mol. The van der Waals surface area contributed by atoms with Gasteiger partial charge in [-0.3, -0.25) is 9.59 Å². The fourth-order valence-corrected chi connectivity index (χ4v) is 4.11. The highest BCUT2D eigenvalue weighted by Gasteiger charge is 2.31. The molecule has 3 aromatic carbocycles. The van der Waals surface area contributed by atoms with Gasteiger partial charge in [-0.2, -0.15) is 0 Å². The molecule has 0 aliphatic rings. The fourth-order valence-electron chi connectivity index (χ4n) is 4.11. The van der Waals surface area contributed by atoms with E-state index in [-0.39, 0.29) is 31.5 Å². The zero-order valence-electron chi connectivity index (χ0n) is 21.0. The first-order valence-electron chi connectivity index (χ1n) is 12.2. The van der Waals surface area contributed by atoms with Crippen LogP contribution < -0.4 is 10.1 Å². The van der Waals surface area contributed by atoms with Gasteiger partial charge in [-0.25, -0.2) is 4.68 Å². The van der Waals surface area contributed by atoms with Crippen LogP contribution in [0.1, 0.15) is 24.1 Å². The third kappa shape index (κ3) is 6.50. The molecular formula is C28H31N5O4. The number of hydrogen-bond donors (Lipinski definition) is 1. The molecule has 0 saturated carbocycles. The number of nitrogens with one attached hydrogen (secondary N) is 1. The van der Waals surface area contributed by atoms with E-state index in [1.807, 2.05) is 73.7 Å². The third-order valence-corrected chi connectivity index (χ3v) is 5.94. The second kappa shape index (κ2) is 12.6. The molecule has 1 heterocycles. The van der Waals surface area contributed by atoms with Crippen LogP contribution >= 0.6 is 0 Å². The topological polar surface area (TPSA) is 98.6 Å². The standard InChI is InChI=1S/C28H31N5O4/c1-3-37-23-15-13-22(14-16-23)27(28(35)29-19-21-9-5-4-6-10-21)32(17-18-36-2)26(34)20-33-25-12-8-7-11-24(25)30-31-33/h4-16,27H,3,17-20H2,1-2H3,(H,29,35)/t27-/m1/s1. The van der Waals surface area contributed by atoms with Gasteiger partial charge in [0.05, 0.1) is 18.7 Å². The smallest absolute Gasteiger partial charge is 0.247 e. The van der Waals surface area contributed by atoms with E-state index in [1.165, 1.54) is 4.90 Å². The van der Waals surface area contributed by atoms with Gasteiger partial charge in [-0.15, -0.1) is 5.10 Å². The number of fused-ring (bicyclic) bond motifs is 1. The molecule has 0 spiro atoms. The highest BCUT2D eigenvalue weighted by Crippen LogP contribution is 2.25. The van der Waals surface area contributed by atoms with Crippen molar-refractivity contribution >= 4 is 22.8 Å². The Morgan fingerprint density at radius 3 is 2.46 bits per heavy atom. The molecule has 1 N–H and O–H groups in total. The second-order valence-electron chi connectivity index (χ2n) is 8.42. The molecule has 1 atom stereocenters. The van der Waals surface area contributed by atoms with Crippen LogP contribution in [0.3, 0.4) is 0 Å². The summed E-state index contributed by atoms with van der Waals surface area (Å²) in [6.45, 7) is 3.20. The fraction of sp³-hybridized carbons (Fsp3) is 0.286. The minimum atomic E-state index is -0.878. The Balaban J connectivity index is 1.64. The number of para-hydroxylation sites is 1. The van der Waals surface area contributed by atoms with Gasteiger partial charge in [0.2, 0.25) is 11.8 Å². The number of carbonyl (C=O) groups is 2. The van der Waals surface area contributed by atoms with Crippen LogP contribution in [-0.4, -0.2) is 58.6 Å². The van der Waals surface area contributed by atoms with Gasteiger partial charge in [0.15, 0.2) is 0 Å². The summed E-state index contributed by atoms with van der Waals surface area (Å²) in [4.78, 5) is 28.9. The lowest BCUT2D eigenvalue weighted by Gasteiger charge is -2.31. The van der Waals surface area contributed by atoms with Gasteiger partial charge in [0, 0.05) is 20.2 Å². The molecule has 192 valence electrons. The lowest BCUT2D eigenvalue weighted by atomic mass is 10.0. The van der Waals surface area contributed by atoms with Crippen LogP contribution in [-0.2, 0) is 27.4 Å². The zero-order valence-corrected chi connectivity index (χ0v) is 21.0. The predicted octanol–water partition coefficient (Wildman–Crippen LogP) is 3.36. The molecule has 9 heteroatoms. The molecule has 4 aromatic rings. The van der Waals surface area contributed by atoms with E-state index in [9.17, 15) is 9.59 Å². The first-order chi connectivity index (χ1) is 18.1. The van der Waals surface area contributed by atoms with Crippen LogP contribution in [0.25, 0.3) is 11.0 Å². The lowest BCUT2D eigenvalue weighted by molar-refractivity contribution is -0.142. The van der Waals surface area contributed by atoms with Gasteiger partial charge in [0.1, 0.15) is 23.9 Å². The summed E-state index contributed by atoms with van der Waals surface area (Å²) in [6.07, 6.45) is 0. The molecule has 1 aromatic heterocycles. The molecule has 0 aliphatic heterocycles.